The first-order valence-corrected chi connectivity index (χ1v) is 6.95. The summed E-state index contributed by atoms with van der Waals surface area (Å²) in [5.41, 5.74) is 1.13. The van der Waals surface area contributed by atoms with E-state index in [1.165, 1.54) is 6.54 Å². The number of nitrogens with zero attached hydrogens (tertiary/aromatic N) is 2. The van der Waals surface area contributed by atoms with Crippen LogP contribution in [0.3, 0.4) is 0 Å². The molecular weight excluding hydrogens is 224 g/mol. The van der Waals surface area contributed by atoms with Crippen LogP contribution in [-0.2, 0) is 0 Å². The molecule has 3 nitrogen and oxygen atoms in total. The van der Waals surface area contributed by atoms with E-state index in [-0.39, 0.29) is 0 Å². The van der Waals surface area contributed by atoms with Gasteiger partial charge in [-0.3, -0.25) is 4.98 Å². The predicted molar refractivity (Wildman–Crippen MR) is 73.9 cm³/mol. The van der Waals surface area contributed by atoms with Gasteiger partial charge in [0.25, 0.3) is 0 Å². The summed E-state index contributed by atoms with van der Waals surface area (Å²) in [5, 5.41) is 0. The molecule has 0 atom stereocenters. The average molecular weight is 248 g/mol. The normalized spacial score (nSPS) is 18.2. The number of aryl methyl sites for hydroxylation is 1. The zero-order chi connectivity index (χ0) is 13.0. The molecule has 100 valence electrons. The second-order valence-electron chi connectivity index (χ2n) is 5.65. The van der Waals surface area contributed by atoms with Crippen molar-refractivity contribution >= 4 is 0 Å². The van der Waals surface area contributed by atoms with Crippen LogP contribution < -0.4 is 4.74 Å². The minimum atomic E-state index is 0.370. The van der Waals surface area contributed by atoms with E-state index in [1.807, 2.05) is 12.3 Å². The molecule has 2 heterocycles. The van der Waals surface area contributed by atoms with Crippen molar-refractivity contribution in [3.8, 4) is 5.75 Å². The van der Waals surface area contributed by atoms with Crippen LogP contribution in [0.5, 0.6) is 5.75 Å². The third kappa shape index (κ3) is 3.70. The molecule has 2 rings (SSSR count). The van der Waals surface area contributed by atoms with Crippen molar-refractivity contribution in [1.82, 2.24) is 9.88 Å². The standard InChI is InChI=1S/C15H24N2O/c1-12(2)11-17-8-5-14(6-9-17)18-15-4-7-16-10-13(15)3/h4,7,10,12,14H,5-6,8-9,11H2,1-3H3. The molecule has 1 aliphatic heterocycles. The molecule has 0 aliphatic carbocycles. The SMILES string of the molecule is Cc1cnccc1OC1CCN(CC(C)C)CC1. The van der Waals surface area contributed by atoms with Gasteiger partial charge in [-0.1, -0.05) is 13.8 Å². The minimum absolute atomic E-state index is 0.370. The minimum Gasteiger partial charge on any atom is -0.490 e. The Kier molecular flexibility index (Phi) is 4.59. The zero-order valence-electron chi connectivity index (χ0n) is 11.7. The molecule has 1 aromatic rings. The van der Waals surface area contributed by atoms with Crippen LogP contribution in [0.2, 0.25) is 0 Å². The maximum absolute atomic E-state index is 6.07. The summed E-state index contributed by atoms with van der Waals surface area (Å²) in [6.45, 7) is 10.1. The number of piperidine rings is 1. The molecule has 1 saturated heterocycles. The van der Waals surface area contributed by atoms with Gasteiger partial charge >= 0.3 is 0 Å². The Morgan fingerprint density at radius 2 is 2.11 bits per heavy atom. The Morgan fingerprint density at radius 3 is 2.72 bits per heavy atom. The van der Waals surface area contributed by atoms with Crippen molar-refractivity contribution < 1.29 is 4.74 Å². The first-order chi connectivity index (χ1) is 8.65. The quantitative estimate of drug-likeness (QED) is 0.819. The lowest BCUT2D eigenvalue weighted by Gasteiger charge is -2.33. The van der Waals surface area contributed by atoms with E-state index in [0.717, 1.165) is 43.2 Å². The highest BCUT2D eigenvalue weighted by Gasteiger charge is 2.21. The highest BCUT2D eigenvalue weighted by molar-refractivity contribution is 5.28. The van der Waals surface area contributed by atoms with Crippen LogP contribution in [0.1, 0.15) is 32.3 Å². The molecule has 0 aromatic carbocycles. The fraction of sp³-hybridized carbons (Fsp3) is 0.667. The van der Waals surface area contributed by atoms with Gasteiger partial charge in [0.15, 0.2) is 0 Å². The largest absolute Gasteiger partial charge is 0.490 e. The average Bonchev–Trinajstić information content (AvgIpc) is 2.34. The molecule has 1 aromatic heterocycles. The van der Waals surface area contributed by atoms with Gasteiger partial charge in [-0.25, -0.2) is 0 Å². The predicted octanol–water partition coefficient (Wildman–Crippen LogP) is 2.89. The highest BCUT2D eigenvalue weighted by atomic mass is 16.5. The molecule has 1 aliphatic rings. The van der Waals surface area contributed by atoms with Crippen molar-refractivity contribution in [2.45, 2.75) is 39.7 Å². The van der Waals surface area contributed by atoms with Crippen molar-refractivity contribution in [3.05, 3.63) is 24.0 Å². The van der Waals surface area contributed by atoms with Crippen molar-refractivity contribution in [2.75, 3.05) is 19.6 Å². The third-order valence-corrected chi connectivity index (χ3v) is 3.42. The van der Waals surface area contributed by atoms with E-state index in [1.54, 1.807) is 6.20 Å². The molecule has 0 amide bonds. The van der Waals surface area contributed by atoms with E-state index < -0.39 is 0 Å². The summed E-state index contributed by atoms with van der Waals surface area (Å²) in [6.07, 6.45) is 6.30. The Hall–Kier alpha value is -1.09. The number of likely N-dealkylation sites (tertiary alicyclic amines) is 1. The lowest BCUT2D eigenvalue weighted by Crippen LogP contribution is -2.40. The van der Waals surface area contributed by atoms with E-state index in [0.29, 0.717) is 6.10 Å². The summed E-state index contributed by atoms with van der Waals surface area (Å²) < 4.78 is 6.07. The van der Waals surface area contributed by atoms with Crippen LogP contribution in [-0.4, -0.2) is 35.6 Å². The Labute approximate surface area is 110 Å². The summed E-state index contributed by atoms with van der Waals surface area (Å²) in [6, 6.07) is 1.97. The van der Waals surface area contributed by atoms with Crippen LogP contribution in [0, 0.1) is 12.8 Å². The summed E-state index contributed by atoms with van der Waals surface area (Å²) in [7, 11) is 0. The molecule has 1 fully saturated rings. The van der Waals surface area contributed by atoms with E-state index in [9.17, 15) is 0 Å². The topological polar surface area (TPSA) is 25.4 Å². The molecule has 18 heavy (non-hydrogen) atoms. The van der Waals surface area contributed by atoms with Crippen molar-refractivity contribution in [3.63, 3.8) is 0 Å². The monoisotopic (exact) mass is 248 g/mol. The summed E-state index contributed by atoms with van der Waals surface area (Å²) in [5.74, 6) is 1.75. The number of ether oxygens (including phenoxy) is 1. The Morgan fingerprint density at radius 1 is 1.39 bits per heavy atom. The Bertz CT molecular complexity index is 371. The summed E-state index contributed by atoms with van der Waals surface area (Å²) >= 11 is 0. The highest BCUT2D eigenvalue weighted by Crippen LogP contribution is 2.21. The number of hydrogen-bond acceptors (Lipinski definition) is 3. The fourth-order valence-electron chi connectivity index (χ4n) is 2.50. The first-order valence-electron chi connectivity index (χ1n) is 6.95. The third-order valence-electron chi connectivity index (χ3n) is 3.42. The second-order valence-corrected chi connectivity index (χ2v) is 5.65. The smallest absolute Gasteiger partial charge is 0.125 e. The Balaban J connectivity index is 1.82. The van der Waals surface area contributed by atoms with E-state index >= 15 is 0 Å². The maximum atomic E-state index is 6.07. The number of aromatic nitrogens is 1. The van der Waals surface area contributed by atoms with Crippen LogP contribution in [0.15, 0.2) is 18.5 Å². The number of rotatable bonds is 4. The fourth-order valence-corrected chi connectivity index (χ4v) is 2.50. The van der Waals surface area contributed by atoms with E-state index in [4.69, 9.17) is 4.74 Å². The van der Waals surface area contributed by atoms with Crippen molar-refractivity contribution in [2.24, 2.45) is 5.92 Å². The maximum Gasteiger partial charge on any atom is 0.125 e. The molecule has 0 spiro atoms. The number of hydrogen-bond donors (Lipinski definition) is 0. The van der Waals surface area contributed by atoms with Gasteiger partial charge in [0.1, 0.15) is 11.9 Å². The van der Waals surface area contributed by atoms with Crippen LogP contribution in [0.4, 0.5) is 0 Å². The molecule has 0 bridgehead atoms. The van der Waals surface area contributed by atoms with Gasteiger partial charge in [0.2, 0.25) is 0 Å². The lowest BCUT2D eigenvalue weighted by atomic mass is 10.1. The molecule has 3 heteroatoms. The van der Waals surface area contributed by atoms with Gasteiger partial charge in [0.05, 0.1) is 0 Å². The van der Waals surface area contributed by atoms with Crippen molar-refractivity contribution in [1.29, 1.82) is 0 Å². The van der Waals surface area contributed by atoms with Gasteiger partial charge < -0.3 is 9.64 Å². The van der Waals surface area contributed by atoms with Gasteiger partial charge in [-0.2, -0.15) is 0 Å². The second kappa shape index (κ2) is 6.19. The van der Waals surface area contributed by atoms with Gasteiger partial charge in [0, 0.05) is 37.6 Å². The molecule has 0 saturated carbocycles. The van der Waals surface area contributed by atoms with Gasteiger partial charge in [-0.15, -0.1) is 0 Å². The zero-order valence-corrected chi connectivity index (χ0v) is 11.7. The molecule has 0 N–H and O–H groups in total. The molecule has 0 radical (unpaired) electrons. The van der Waals surface area contributed by atoms with Crippen LogP contribution in [0.25, 0.3) is 0 Å². The van der Waals surface area contributed by atoms with Gasteiger partial charge in [-0.05, 0) is 31.7 Å². The lowest BCUT2D eigenvalue weighted by molar-refractivity contribution is 0.0935. The van der Waals surface area contributed by atoms with E-state index in [2.05, 4.69) is 30.7 Å². The molecule has 0 unspecified atom stereocenters. The first kappa shape index (κ1) is 13.3. The number of pyridine rings is 1. The summed E-state index contributed by atoms with van der Waals surface area (Å²) in [4.78, 5) is 6.64. The molecular formula is C15H24N2O. The van der Waals surface area contributed by atoms with Crippen LogP contribution >= 0.6 is 0 Å².